The van der Waals surface area contributed by atoms with Gasteiger partial charge >= 0.3 is 0 Å². The van der Waals surface area contributed by atoms with Crippen molar-refractivity contribution in [1.29, 1.82) is 0 Å². The highest BCUT2D eigenvalue weighted by Gasteiger charge is 2.71. The number of fused-ring (bicyclic) bond motifs is 6. The average molecular weight is 465 g/mol. The fourth-order valence-corrected chi connectivity index (χ4v) is 7.87. The molecular weight excluding hydrogens is 440 g/mol. The van der Waals surface area contributed by atoms with Crippen LogP contribution in [0.5, 0.6) is 0 Å². The summed E-state index contributed by atoms with van der Waals surface area (Å²) >= 11 is 2.89. The Bertz CT molecular complexity index is 1280. The Kier molecular flexibility index (Phi) is 4.21. The highest BCUT2D eigenvalue weighted by Crippen LogP contribution is 2.62. The predicted molar refractivity (Wildman–Crippen MR) is 131 cm³/mol. The van der Waals surface area contributed by atoms with Crippen LogP contribution in [0.4, 0.5) is 5.69 Å². The van der Waals surface area contributed by atoms with Gasteiger partial charge in [-0.1, -0.05) is 36.4 Å². The molecule has 2 N–H and O–H groups in total. The lowest BCUT2D eigenvalue weighted by Gasteiger charge is -2.48. The van der Waals surface area contributed by atoms with Gasteiger partial charge in [0.25, 0.3) is 11.8 Å². The molecule has 0 saturated carbocycles. The molecule has 3 aromatic rings. The molecule has 3 aliphatic heterocycles. The van der Waals surface area contributed by atoms with Crippen LogP contribution in [0.1, 0.15) is 17.5 Å². The second-order valence-corrected chi connectivity index (χ2v) is 10.7. The monoisotopic (exact) mass is 464 g/mol. The summed E-state index contributed by atoms with van der Waals surface area (Å²) in [5, 5.41) is 4.26. The number of nitrogens with one attached hydrogen (secondary N) is 2. The van der Waals surface area contributed by atoms with Crippen molar-refractivity contribution in [3.05, 3.63) is 65.9 Å². The summed E-state index contributed by atoms with van der Waals surface area (Å²) in [6.07, 6.45) is 6.08. The first-order chi connectivity index (χ1) is 15.5. The first-order valence-electron chi connectivity index (χ1n) is 10.6. The van der Waals surface area contributed by atoms with E-state index in [-0.39, 0.29) is 18.0 Å². The van der Waals surface area contributed by atoms with Crippen molar-refractivity contribution in [2.45, 2.75) is 28.2 Å². The zero-order chi connectivity index (χ0) is 22.3. The Hall–Kier alpha value is -2.58. The summed E-state index contributed by atoms with van der Waals surface area (Å²) in [5.74, 6) is -0.0159. The molecule has 1 aromatic heterocycles. The quantitative estimate of drug-likeness (QED) is 0.619. The van der Waals surface area contributed by atoms with Gasteiger partial charge in [-0.2, -0.15) is 0 Å². The van der Waals surface area contributed by atoms with E-state index in [0.717, 1.165) is 27.7 Å². The van der Waals surface area contributed by atoms with Crippen molar-refractivity contribution >= 4 is 51.9 Å². The number of thioether (sulfide) groups is 2. The van der Waals surface area contributed by atoms with Gasteiger partial charge in [-0.3, -0.25) is 14.5 Å². The number of H-pyrrole nitrogens is 1. The Morgan fingerprint density at radius 3 is 2.56 bits per heavy atom. The summed E-state index contributed by atoms with van der Waals surface area (Å²) in [7, 11) is 1.75. The Morgan fingerprint density at radius 2 is 1.78 bits per heavy atom. The van der Waals surface area contributed by atoms with Crippen LogP contribution < -0.4 is 5.32 Å². The summed E-state index contributed by atoms with van der Waals surface area (Å²) < 4.78 is 0. The number of amides is 2. The van der Waals surface area contributed by atoms with Crippen LogP contribution in [-0.4, -0.2) is 62.6 Å². The highest BCUT2D eigenvalue weighted by atomic mass is 32.2. The number of benzene rings is 2. The number of likely N-dealkylation sites (N-methyl/N-ethyl adjacent to an activating group) is 1. The number of nitrogens with zero attached hydrogens (tertiary/aromatic N) is 2. The summed E-state index contributed by atoms with van der Waals surface area (Å²) in [6, 6.07) is 16.5. The molecule has 6 nitrogen and oxygen atoms in total. The molecule has 0 aliphatic carbocycles. The standard InChI is InChI=1S/C24H24N4O2S2/c1-27-20(31-2)19(29)28-21-23(13-24(28,32-3)22(27)30,15-9-5-7-11-18(15)26-21)16-12-25-17-10-6-4-8-14(16)17/h4-12,20-21,25-26H,13H2,1-3H3/t20-,21+,23+,24-/m0/s1. The van der Waals surface area contributed by atoms with Gasteiger partial charge in [0.2, 0.25) is 0 Å². The molecular formula is C24H24N4O2S2. The number of anilines is 1. The zero-order valence-corrected chi connectivity index (χ0v) is 19.7. The minimum Gasteiger partial charge on any atom is -0.364 e. The largest absolute Gasteiger partial charge is 0.364 e. The van der Waals surface area contributed by atoms with E-state index in [4.69, 9.17) is 0 Å². The van der Waals surface area contributed by atoms with Crippen molar-refractivity contribution in [3.8, 4) is 0 Å². The van der Waals surface area contributed by atoms with Crippen molar-refractivity contribution in [2.24, 2.45) is 0 Å². The number of aromatic nitrogens is 1. The third kappa shape index (κ3) is 2.19. The van der Waals surface area contributed by atoms with E-state index in [1.54, 1.807) is 11.9 Å². The lowest BCUT2D eigenvalue weighted by atomic mass is 9.72. The van der Waals surface area contributed by atoms with E-state index in [0.29, 0.717) is 6.42 Å². The number of aromatic amines is 1. The third-order valence-electron chi connectivity index (χ3n) is 7.42. The van der Waals surface area contributed by atoms with Crippen LogP contribution in [0.15, 0.2) is 54.7 Å². The minimum atomic E-state index is -0.957. The SMILES string of the molecule is CS[C@H]1C(=O)N2[C@H]3Nc4ccccc4[C@@]3(c3c[nH]c4ccccc34)C[C@]2(SC)C(=O)N1C. The molecule has 32 heavy (non-hydrogen) atoms. The molecule has 0 unspecified atom stereocenters. The molecule has 6 rings (SSSR count). The summed E-state index contributed by atoms with van der Waals surface area (Å²) in [4.78, 5) is 33.7. The van der Waals surface area contributed by atoms with E-state index in [1.165, 1.54) is 23.5 Å². The summed E-state index contributed by atoms with van der Waals surface area (Å²) in [6.45, 7) is 0. The van der Waals surface area contributed by atoms with E-state index < -0.39 is 15.7 Å². The highest BCUT2D eigenvalue weighted by molar-refractivity contribution is 8.01. The molecule has 4 atom stereocenters. The van der Waals surface area contributed by atoms with Crippen LogP contribution in [-0.2, 0) is 15.0 Å². The van der Waals surface area contributed by atoms with Crippen LogP contribution in [0.3, 0.4) is 0 Å². The van der Waals surface area contributed by atoms with E-state index in [1.807, 2.05) is 41.7 Å². The number of carbonyl (C=O) groups excluding carboxylic acids is 2. The molecule has 4 heterocycles. The number of para-hydroxylation sites is 2. The normalized spacial score (nSPS) is 31.0. The molecule has 0 bridgehead atoms. The Labute approximate surface area is 195 Å². The molecule has 2 amide bonds. The van der Waals surface area contributed by atoms with Gasteiger partial charge in [-0.25, -0.2) is 0 Å². The van der Waals surface area contributed by atoms with Crippen molar-refractivity contribution < 1.29 is 9.59 Å². The van der Waals surface area contributed by atoms with E-state index in [2.05, 4.69) is 40.8 Å². The lowest BCUT2D eigenvalue weighted by Crippen LogP contribution is -2.68. The minimum absolute atomic E-state index is 0.00292. The van der Waals surface area contributed by atoms with Gasteiger partial charge < -0.3 is 15.2 Å². The maximum atomic E-state index is 13.9. The first kappa shape index (κ1) is 20.1. The maximum Gasteiger partial charge on any atom is 0.260 e. The van der Waals surface area contributed by atoms with Gasteiger partial charge in [-0.05, 0) is 35.8 Å². The number of hydrogen-bond acceptors (Lipinski definition) is 5. The number of rotatable bonds is 3. The van der Waals surface area contributed by atoms with Gasteiger partial charge in [-0.15, -0.1) is 23.5 Å². The van der Waals surface area contributed by atoms with Gasteiger partial charge in [0.15, 0.2) is 10.2 Å². The van der Waals surface area contributed by atoms with Crippen LogP contribution in [0.2, 0.25) is 0 Å². The van der Waals surface area contributed by atoms with Crippen molar-refractivity contribution in [2.75, 3.05) is 24.9 Å². The molecule has 8 heteroatoms. The Morgan fingerprint density at radius 1 is 1.03 bits per heavy atom. The van der Waals surface area contributed by atoms with Gasteiger partial charge in [0.1, 0.15) is 6.17 Å². The van der Waals surface area contributed by atoms with Crippen molar-refractivity contribution in [1.82, 2.24) is 14.8 Å². The smallest absolute Gasteiger partial charge is 0.260 e. The second-order valence-electron chi connectivity index (χ2n) is 8.69. The molecule has 2 fully saturated rings. The zero-order valence-electron chi connectivity index (χ0n) is 18.1. The molecule has 0 radical (unpaired) electrons. The number of carbonyl (C=O) groups is 2. The lowest BCUT2D eigenvalue weighted by molar-refractivity contribution is -0.157. The molecule has 3 aliphatic rings. The van der Waals surface area contributed by atoms with E-state index >= 15 is 0 Å². The molecule has 164 valence electrons. The molecule has 0 spiro atoms. The van der Waals surface area contributed by atoms with Crippen molar-refractivity contribution in [3.63, 3.8) is 0 Å². The predicted octanol–water partition coefficient (Wildman–Crippen LogP) is 3.66. The maximum absolute atomic E-state index is 13.9. The number of piperazine rings is 1. The first-order valence-corrected chi connectivity index (χ1v) is 13.1. The molecule has 2 aromatic carbocycles. The summed E-state index contributed by atoms with van der Waals surface area (Å²) in [5.41, 5.74) is 3.81. The van der Waals surface area contributed by atoms with Crippen LogP contribution in [0.25, 0.3) is 10.9 Å². The fraction of sp³-hybridized carbons (Fsp3) is 0.333. The topological polar surface area (TPSA) is 68.4 Å². The van der Waals surface area contributed by atoms with E-state index in [9.17, 15) is 9.59 Å². The molecule has 2 saturated heterocycles. The fourth-order valence-electron chi connectivity index (χ4n) is 6.06. The van der Waals surface area contributed by atoms with Crippen LogP contribution in [0, 0.1) is 0 Å². The number of hydrogen-bond donors (Lipinski definition) is 2. The third-order valence-corrected chi connectivity index (χ3v) is 9.57. The van der Waals surface area contributed by atoms with Crippen LogP contribution >= 0.6 is 23.5 Å². The Balaban J connectivity index is 1.66. The second kappa shape index (κ2) is 6.71. The van der Waals surface area contributed by atoms with Gasteiger partial charge in [0, 0.05) is 36.3 Å². The average Bonchev–Trinajstić information content (AvgIpc) is 3.46. The van der Waals surface area contributed by atoms with Gasteiger partial charge in [0.05, 0.1) is 5.41 Å².